The van der Waals surface area contributed by atoms with E-state index >= 15 is 0 Å². The highest BCUT2D eigenvalue weighted by Crippen LogP contribution is 2.21. The first-order valence-electron chi connectivity index (χ1n) is 9.74. The van der Waals surface area contributed by atoms with Gasteiger partial charge in [-0.1, -0.05) is 23.8 Å². The third-order valence-electron chi connectivity index (χ3n) is 5.39. The summed E-state index contributed by atoms with van der Waals surface area (Å²) in [7, 11) is -3.55. The van der Waals surface area contributed by atoms with Crippen LogP contribution >= 0.6 is 0 Å². The van der Waals surface area contributed by atoms with Crippen LogP contribution in [0.4, 0.5) is 0 Å². The molecule has 1 aliphatic rings. The number of ether oxygens (including phenoxy) is 1. The maximum Gasteiger partial charge on any atom is 0.260 e. The molecule has 1 saturated heterocycles. The molecule has 2 aromatic rings. The lowest BCUT2D eigenvalue weighted by Crippen LogP contribution is -2.51. The third-order valence-corrected chi connectivity index (χ3v) is 7.28. The number of rotatable bonds is 5. The van der Waals surface area contributed by atoms with Crippen molar-refractivity contribution in [2.75, 3.05) is 32.8 Å². The van der Waals surface area contributed by atoms with E-state index in [1.54, 1.807) is 17.0 Å². The second kappa shape index (κ2) is 8.55. The summed E-state index contributed by atoms with van der Waals surface area (Å²) in [6, 6.07) is 11.0. The predicted molar refractivity (Wildman–Crippen MR) is 113 cm³/mol. The van der Waals surface area contributed by atoms with E-state index in [1.807, 2.05) is 52.0 Å². The van der Waals surface area contributed by atoms with Gasteiger partial charge < -0.3 is 9.64 Å². The van der Waals surface area contributed by atoms with E-state index in [4.69, 9.17) is 4.74 Å². The summed E-state index contributed by atoms with van der Waals surface area (Å²) in [5.41, 5.74) is 4.14. The van der Waals surface area contributed by atoms with Gasteiger partial charge in [-0.2, -0.15) is 4.31 Å². The average molecular weight is 417 g/mol. The zero-order chi connectivity index (χ0) is 21.2. The lowest BCUT2D eigenvalue weighted by Gasteiger charge is -2.34. The van der Waals surface area contributed by atoms with Crippen LogP contribution in [-0.2, 0) is 14.8 Å². The molecule has 0 unspecified atom stereocenters. The molecule has 0 radical (unpaired) electrons. The van der Waals surface area contributed by atoms with Gasteiger partial charge in [-0.3, -0.25) is 4.79 Å². The second-order valence-corrected chi connectivity index (χ2v) is 9.53. The zero-order valence-electron chi connectivity index (χ0n) is 17.4. The first-order valence-corrected chi connectivity index (χ1v) is 11.2. The average Bonchev–Trinajstić information content (AvgIpc) is 2.69. The van der Waals surface area contributed by atoms with E-state index in [0.717, 1.165) is 22.3 Å². The third kappa shape index (κ3) is 4.79. The van der Waals surface area contributed by atoms with Crippen LogP contribution < -0.4 is 4.74 Å². The van der Waals surface area contributed by atoms with Crippen LogP contribution in [0.3, 0.4) is 0 Å². The molecule has 0 aromatic heterocycles. The van der Waals surface area contributed by atoms with Gasteiger partial charge in [0.2, 0.25) is 10.0 Å². The molecule has 1 heterocycles. The topological polar surface area (TPSA) is 66.9 Å². The van der Waals surface area contributed by atoms with Crippen LogP contribution in [0.15, 0.2) is 41.3 Å². The number of piperazine rings is 1. The molecule has 1 aliphatic heterocycles. The summed E-state index contributed by atoms with van der Waals surface area (Å²) in [6.45, 7) is 9.05. The van der Waals surface area contributed by atoms with Crippen molar-refractivity contribution in [3.05, 3.63) is 58.7 Å². The quantitative estimate of drug-likeness (QED) is 0.752. The maximum atomic E-state index is 12.9. The van der Waals surface area contributed by atoms with Crippen molar-refractivity contribution < 1.29 is 17.9 Å². The van der Waals surface area contributed by atoms with Gasteiger partial charge in [-0.25, -0.2) is 8.42 Å². The minimum Gasteiger partial charge on any atom is -0.484 e. The Morgan fingerprint density at radius 3 is 2.21 bits per heavy atom. The van der Waals surface area contributed by atoms with Crippen LogP contribution in [0.25, 0.3) is 0 Å². The van der Waals surface area contributed by atoms with Gasteiger partial charge in [-0.15, -0.1) is 0 Å². The molecule has 1 fully saturated rings. The Labute approximate surface area is 173 Å². The standard InChI is InChI=1S/C22H28N2O4S/c1-16-5-8-21(19(4)13-16)28-15-22(25)23-9-11-24(12-10-23)29(26,27)20-7-6-17(2)18(3)14-20/h5-8,13-14H,9-12,15H2,1-4H3. The Kier molecular flexibility index (Phi) is 6.29. The fourth-order valence-electron chi connectivity index (χ4n) is 3.39. The van der Waals surface area contributed by atoms with E-state index in [0.29, 0.717) is 23.7 Å². The summed E-state index contributed by atoms with van der Waals surface area (Å²) in [5, 5.41) is 0. The van der Waals surface area contributed by atoms with E-state index < -0.39 is 10.0 Å². The van der Waals surface area contributed by atoms with Gasteiger partial charge in [0.05, 0.1) is 4.90 Å². The summed E-state index contributed by atoms with van der Waals surface area (Å²) < 4.78 is 32.9. The Balaban J connectivity index is 1.58. The summed E-state index contributed by atoms with van der Waals surface area (Å²) in [6.07, 6.45) is 0. The Morgan fingerprint density at radius 1 is 0.897 bits per heavy atom. The van der Waals surface area contributed by atoms with Crippen molar-refractivity contribution in [2.45, 2.75) is 32.6 Å². The largest absolute Gasteiger partial charge is 0.484 e. The Bertz CT molecular complexity index is 1010. The highest BCUT2D eigenvalue weighted by Gasteiger charge is 2.30. The van der Waals surface area contributed by atoms with Crippen LogP contribution in [0.1, 0.15) is 22.3 Å². The van der Waals surface area contributed by atoms with Crippen LogP contribution in [-0.4, -0.2) is 56.3 Å². The first-order chi connectivity index (χ1) is 13.7. The van der Waals surface area contributed by atoms with E-state index in [9.17, 15) is 13.2 Å². The van der Waals surface area contributed by atoms with Gasteiger partial charge in [0.25, 0.3) is 5.91 Å². The minimum atomic E-state index is -3.55. The van der Waals surface area contributed by atoms with E-state index in [1.165, 1.54) is 4.31 Å². The smallest absolute Gasteiger partial charge is 0.260 e. The van der Waals surface area contributed by atoms with Gasteiger partial charge in [0.1, 0.15) is 5.75 Å². The van der Waals surface area contributed by atoms with Gasteiger partial charge >= 0.3 is 0 Å². The second-order valence-electron chi connectivity index (χ2n) is 7.59. The SMILES string of the molecule is Cc1ccc(OCC(=O)N2CCN(S(=O)(=O)c3ccc(C)c(C)c3)CC2)c(C)c1. The number of benzene rings is 2. The van der Waals surface area contributed by atoms with Crippen molar-refractivity contribution >= 4 is 15.9 Å². The molecule has 29 heavy (non-hydrogen) atoms. The number of aryl methyl sites for hydroxylation is 4. The number of hydrogen-bond acceptors (Lipinski definition) is 4. The van der Waals surface area contributed by atoms with Crippen molar-refractivity contribution in [1.29, 1.82) is 0 Å². The number of carbonyl (C=O) groups is 1. The molecule has 0 atom stereocenters. The lowest BCUT2D eigenvalue weighted by molar-refractivity contribution is -0.134. The molecular formula is C22H28N2O4S. The number of carbonyl (C=O) groups excluding carboxylic acids is 1. The molecular weight excluding hydrogens is 388 g/mol. The molecule has 0 bridgehead atoms. The number of amides is 1. The number of sulfonamides is 1. The Hall–Kier alpha value is -2.38. The summed E-state index contributed by atoms with van der Waals surface area (Å²) in [4.78, 5) is 14.5. The first kappa shape index (κ1) is 21.3. The molecule has 0 aliphatic carbocycles. The van der Waals surface area contributed by atoms with Crippen molar-refractivity contribution in [3.63, 3.8) is 0 Å². The van der Waals surface area contributed by atoms with Crippen LogP contribution in [0.2, 0.25) is 0 Å². The fourth-order valence-corrected chi connectivity index (χ4v) is 4.90. The number of nitrogens with zero attached hydrogens (tertiary/aromatic N) is 2. The van der Waals surface area contributed by atoms with Crippen molar-refractivity contribution in [1.82, 2.24) is 9.21 Å². The van der Waals surface area contributed by atoms with Gasteiger partial charge in [0.15, 0.2) is 6.61 Å². The fraction of sp³-hybridized carbons (Fsp3) is 0.409. The molecule has 1 amide bonds. The minimum absolute atomic E-state index is 0.0478. The molecule has 156 valence electrons. The predicted octanol–water partition coefficient (Wildman–Crippen LogP) is 2.83. The maximum absolute atomic E-state index is 12.9. The Morgan fingerprint density at radius 2 is 1.59 bits per heavy atom. The highest BCUT2D eigenvalue weighted by molar-refractivity contribution is 7.89. The van der Waals surface area contributed by atoms with E-state index in [2.05, 4.69) is 0 Å². The monoisotopic (exact) mass is 416 g/mol. The number of hydrogen-bond donors (Lipinski definition) is 0. The van der Waals surface area contributed by atoms with Gasteiger partial charge in [-0.05, 0) is 62.6 Å². The molecule has 0 spiro atoms. The molecule has 0 N–H and O–H groups in total. The molecule has 3 rings (SSSR count). The molecule has 6 nitrogen and oxygen atoms in total. The zero-order valence-corrected chi connectivity index (χ0v) is 18.3. The van der Waals surface area contributed by atoms with Crippen LogP contribution in [0.5, 0.6) is 5.75 Å². The van der Waals surface area contributed by atoms with Crippen molar-refractivity contribution in [3.8, 4) is 5.75 Å². The summed E-state index contributed by atoms with van der Waals surface area (Å²) >= 11 is 0. The normalized spacial score (nSPS) is 15.4. The van der Waals surface area contributed by atoms with Crippen molar-refractivity contribution in [2.24, 2.45) is 0 Å². The van der Waals surface area contributed by atoms with E-state index in [-0.39, 0.29) is 25.6 Å². The lowest BCUT2D eigenvalue weighted by atomic mass is 10.1. The van der Waals surface area contributed by atoms with Gasteiger partial charge in [0, 0.05) is 26.2 Å². The van der Waals surface area contributed by atoms with Crippen LogP contribution in [0, 0.1) is 27.7 Å². The summed E-state index contributed by atoms with van der Waals surface area (Å²) in [5.74, 6) is 0.563. The highest BCUT2D eigenvalue weighted by atomic mass is 32.2. The molecule has 0 saturated carbocycles. The molecule has 7 heteroatoms. The molecule has 2 aromatic carbocycles.